The molecule has 0 spiro atoms. The van der Waals surface area contributed by atoms with Crippen LogP contribution in [-0.4, -0.2) is 60.1 Å². The minimum atomic E-state index is -1.69. The molecule has 3 amide bonds. The Morgan fingerprint density at radius 3 is 2.71 bits per heavy atom. The van der Waals surface area contributed by atoms with E-state index in [1.165, 1.54) is 4.90 Å². The van der Waals surface area contributed by atoms with Crippen LogP contribution in [0.4, 0.5) is 11.4 Å². The number of hydrogen-bond acceptors (Lipinski definition) is 6. The highest BCUT2D eigenvalue weighted by molar-refractivity contribution is 6.05. The average molecular weight is 424 g/mol. The number of carbonyl (C=O) groups is 3. The van der Waals surface area contributed by atoms with E-state index < -0.39 is 24.0 Å². The van der Waals surface area contributed by atoms with E-state index in [2.05, 4.69) is 5.32 Å². The van der Waals surface area contributed by atoms with Crippen molar-refractivity contribution in [1.82, 2.24) is 4.90 Å². The predicted octanol–water partition coefficient (Wildman–Crippen LogP) is 0.462. The van der Waals surface area contributed by atoms with Crippen molar-refractivity contribution in [2.24, 2.45) is 5.73 Å². The van der Waals surface area contributed by atoms with Crippen molar-refractivity contribution in [2.75, 3.05) is 30.4 Å². The summed E-state index contributed by atoms with van der Waals surface area (Å²) in [6, 6.07) is 12.1. The van der Waals surface area contributed by atoms with Crippen LogP contribution in [0.5, 0.6) is 0 Å². The standard InChI is InChI=1S/C22H24N4O5/c1-25-12-14-4-7-16(10-17(14)21(25)29)26-8-9-31-19(22(26)30)18(27)20(28)24-15-5-2-13(11-23)3-6-15/h2-7,10,18-19,27H,8-9,11-12,23H2,1H3,(H,24,28)/t18-,19-/m1/s1. The normalized spacial score (nSPS) is 19.4. The molecule has 0 unspecified atom stereocenters. The second-order valence-electron chi connectivity index (χ2n) is 7.62. The Bertz CT molecular complexity index is 1020. The van der Waals surface area contributed by atoms with E-state index in [1.807, 2.05) is 6.07 Å². The number of hydrogen-bond donors (Lipinski definition) is 3. The first-order valence-electron chi connectivity index (χ1n) is 9.98. The molecule has 2 atom stereocenters. The molecule has 0 aliphatic carbocycles. The first-order valence-corrected chi connectivity index (χ1v) is 9.98. The summed E-state index contributed by atoms with van der Waals surface area (Å²) in [5.74, 6) is -1.38. The molecule has 9 heteroatoms. The Labute approximate surface area is 179 Å². The molecule has 2 aliphatic rings. The largest absolute Gasteiger partial charge is 0.380 e. The van der Waals surface area contributed by atoms with Crippen LogP contribution in [-0.2, 0) is 27.4 Å². The minimum absolute atomic E-state index is 0.103. The molecule has 4 rings (SSSR count). The van der Waals surface area contributed by atoms with E-state index in [0.717, 1.165) is 11.1 Å². The summed E-state index contributed by atoms with van der Waals surface area (Å²) in [7, 11) is 1.72. The highest BCUT2D eigenvalue weighted by atomic mass is 16.5. The molecule has 162 valence electrons. The molecule has 1 saturated heterocycles. The van der Waals surface area contributed by atoms with Crippen LogP contribution in [0.15, 0.2) is 42.5 Å². The Morgan fingerprint density at radius 2 is 2.00 bits per heavy atom. The number of aliphatic hydroxyl groups is 1. The van der Waals surface area contributed by atoms with E-state index in [0.29, 0.717) is 30.0 Å². The second-order valence-corrected chi connectivity index (χ2v) is 7.62. The molecular weight excluding hydrogens is 400 g/mol. The van der Waals surface area contributed by atoms with Gasteiger partial charge in [-0.15, -0.1) is 0 Å². The Balaban J connectivity index is 1.48. The van der Waals surface area contributed by atoms with Gasteiger partial charge in [-0.25, -0.2) is 0 Å². The number of amides is 3. The van der Waals surface area contributed by atoms with Gasteiger partial charge in [0.25, 0.3) is 17.7 Å². The molecule has 1 fully saturated rings. The van der Waals surface area contributed by atoms with Gasteiger partial charge in [-0.3, -0.25) is 14.4 Å². The van der Waals surface area contributed by atoms with E-state index in [4.69, 9.17) is 10.5 Å². The van der Waals surface area contributed by atoms with E-state index in [9.17, 15) is 19.5 Å². The first-order chi connectivity index (χ1) is 14.9. The van der Waals surface area contributed by atoms with Gasteiger partial charge in [-0.2, -0.15) is 0 Å². The van der Waals surface area contributed by atoms with Gasteiger partial charge >= 0.3 is 0 Å². The summed E-state index contributed by atoms with van der Waals surface area (Å²) >= 11 is 0. The fourth-order valence-corrected chi connectivity index (χ4v) is 3.77. The second kappa shape index (κ2) is 8.46. The van der Waals surface area contributed by atoms with Crippen molar-refractivity contribution in [2.45, 2.75) is 25.3 Å². The zero-order valence-corrected chi connectivity index (χ0v) is 17.1. The van der Waals surface area contributed by atoms with Gasteiger partial charge in [0, 0.05) is 43.6 Å². The molecule has 9 nitrogen and oxygen atoms in total. The summed E-state index contributed by atoms with van der Waals surface area (Å²) in [6.45, 7) is 1.31. The van der Waals surface area contributed by atoms with Crippen LogP contribution >= 0.6 is 0 Å². The topological polar surface area (TPSA) is 125 Å². The van der Waals surface area contributed by atoms with Crippen molar-refractivity contribution in [3.05, 3.63) is 59.2 Å². The number of aliphatic hydroxyl groups excluding tert-OH is 1. The van der Waals surface area contributed by atoms with Gasteiger partial charge in [-0.05, 0) is 35.4 Å². The Kier molecular flexibility index (Phi) is 5.73. The number of fused-ring (bicyclic) bond motifs is 1. The lowest BCUT2D eigenvalue weighted by atomic mass is 10.1. The molecular formula is C22H24N4O5. The summed E-state index contributed by atoms with van der Waals surface area (Å²) in [6.07, 6.45) is -3.03. The molecule has 0 aromatic heterocycles. The van der Waals surface area contributed by atoms with Crippen LogP contribution in [0.3, 0.4) is 0 Å². The van der Waals surface area contributed by atoms with Gasteiger partial charge in [-0.1, -0.05) is 18.2 Å². The molecule has 2 aromatic carbocycles. The summed E-state index contributed by atoms with van der Waals surface area (Å²) < 4.78 is 5.44. The Hall–Kier alpha value is -3.27. The number of nitrogens with two attached hydrogens (primary N) is 1. The number of rotatable bonds is 5. The fraction of sp³-hybridized carbons (Fsp3) is 0.318. The van der Waals surface area contributed by atoms with Crippen molar-refractivity contribution in [3.8, 4) is 0 Å². The summed E-state index contributed by atoms with van der Waals surface area (Å²) in [5.41, 5.74) is 8.92. The maximum absolute atomic E-state index is 13.0. The lowest BCUT2D eigenvalue weighted by Gasteiger charge is -2.34. The number of carbonyl (C=O) groups excluding carboxylic acids is 3. The van der Waals surface area contributed by atoms with Gasteiger partial charge in [0.1, 0.15) is 0 Å². The number of nitrogens with one attached hydrogen (secondary N) is 1. The molecule has 31 heavy (non-hydrogen) atoms. The van der Waals surface area contributed by atoms with Crippen LogP contribution in [0.1, 0.15) is 21.5 Å². The van der Waals surface area contributed by atoms with Crippen LogP contribution < -0.4 is 16.0 Å². The van der Waals surface area contributed by atoms with Crippen LogP contribution in [0.25, 0.3) is 0 Å². The van der Waals surface area contributed by atoms with Crippen molar-refractivity contribution in [3.63, 3.8) is 0 Å². The zero-order valence-electron chi connectivity index (χ0n) is 17.1. The maximum Gasteiger partial charge on any atom is 0.259 e. The quantitative estimate of drug-likeness (QED) is 0.641. The van der Waals surface area contributed by atoms with Crippen LogP contribution in [0, 0.1) is 0 Å². The number of benzene rings is 2. The highest BCUT2D eigenvalue weighted by Crippen LogP contribution is 2.28. The number of anilines is 2. The van der Waals surface area contributed by atoms with Gasteiger partial charge in [0.15, 0.2) is 12.2 Å². The third-order valence-corrected chi connectivity index (χ3v) is 5.52. The molecule has 2 aromatic rings. The fourth-order valence-electron chi connectivity index (χ4n) is 3.77. The minimum Gasteiger partial charge on any atom is -0.380 e. The lowest BCUT2D eigenvalue weighted by molar-refractivity contribution is -0.150. The molecule has 0 saturated carbocycles. The van der Waals surface area contributed by atoms with Crippen molar-refractivity contribution >= 4 is 29.1 Å². The number of ether oxygens (including phenoxy) is 1. The molecule has 2 heterocycles. The van der Waals surface area contributed by atoms with Gasteiger partial charge in [0.2, 0.25) is 0 Å². The average Bonchev–Trinajstić information content (AvgIpc) is 3.07. The summed E-state index contributed by atoms with van der Waals surface area (Å²) in [5, 5.41) is 13.1. The molecule has 4 N–H and O–H groups in total. The zero-order chi connectivity index (χ0) is 22.1. The van der Waals surface area contributed by atoms with Gasteiger partial charge < -0.3 is 30.7 Å². The molecule has 0 radical (unpaired) electrons. The molecule has 0 bridgehead atoms. The van der Waals surface area contributed by atoms with E-state index >= 15 is 0 Å². The third-order valence-electron chi connectivity index (χ3n) is 5.52. The van der Waals surface area contributed by atoms with E-state index in [-0.39, 0.29) is 19.1 Å². The smallest absolute Gasteiger partial charge is 0.259 e. The monoisotopic (exact) mass is 424 g/mol. The lowest BCUT2D eigenvalue weighted by Crippen LogP contribution is -2.55. The van der Waals surface area contributed by atoms with Crippen molar-refractivity contribution in [1.29, 1.82) is 0 Å². The highest BCUT2D eigenvalue weighted by Gasteiger charge is 2.40. The number of nitrogens with zero attached hydrogens (tertiary/aromatic N) is 2. The molecule has 2 aliphatic heterocycles. The van der Waals surface area contributed by atoms with Crippen molar-refractivity contribution < 1.29 is 24.2 Å². The SMILES string of the molecule is CN1Cc2ccc(N3CCO[C@H]([C@@H](O)C(=O)Nc4ccc(CN)cc4)C3=O)cc2C1=O. The maximum atomic E-state index is 13.0. The third kappa shape index (κ3) is 4.02. The predicted molar refractivity (Wildman–Crippen MR) is 113 cm³/mol. The van der Waals surface area contributed by atoms with Gasteiger partial charge in [0.05, 0.1) is 6.61 Å². The number of morpholine rings is 1. The first kappa shape index (κ1) is 21.0. The Morgan fingerprint density at radius 1 is 1.26 bits per heavy atom. The van der Waals surface area contributed by atoms with E-state index in [1.54, 1.807) is 48.3 Å². The van der Waals surface area contributed by atoms with Crippen LogP contribution in [0.2, 0.25) is 0 Å². The summed E-state index contributed by atoms with van der Waals surface area (Å²) in [4.78, 5) is 40.8.